The maximum absolute atomic E-state index is 14.1. The van der Waals surface area contributed by atoms with Crippen molar-refractivity contribution in [1.82, 2.24) is 14.9 Å². The second-order valence-corrected chi connectivity index (χ2v) is 7.63. The van der Waals surface area contributed by atoms with E-state index in [1.54, 1.807) is 6.20 Å². The van der Waals surface area contributed by atoms with E-state index in [1.807, 2.05) is 12.3 Å². The molecule has 2 aromatic heterocycles. The summed E-state index contributed by atoms with van der Waals surface area (Å²) >= 11 is 1.19. The third-order valence-corrected chi connectivity index (χ3v) is 5.67. The Hall–Kier alpha value is -1.90. The zero-order valence-electron chi connectivity index (χ0n) is 13.9. The normalized spacial score (nSPS) is 23.0. The Balaban J connectivity index is 1.51. The van der Waals surface area contributed by atoms with Crippen LogP contribution in [0.3, 0.4) is 0 Å². The van der Waals surface area contributed by atoms with Crippen molar-refractivity contribution in [3.05, 3.63) is 40.4 Å². The number of pyridine rings is 1. The van der Waals surface area contributed by atoms with Crippen molar-refractivity contribution in [3.63, 3.8) is 0 Å². The fourth-order valence-corrected chi connectivity index (χ4v) is 4.60. The minimum Gasteiger partial charge on any atom is -0.364 e. The van der Waals surface area contributed by atoms with Crippen LogP contribution in [0.1, 0.15) is 35.8 Å². The fraction of sp³-hybridized carbons (Fsp3) is 0.471. The van der Waals surface area contributed by atoms with Crippen molar-refractivity contribution >= 4 is 22.4 Å². The zero-order chi connectivity index (χ0) is 17.4. The number of anilines is 1. The number of hydrogen-bond acceptors (Lipinski definition) is 6. The lowest BCUT2D eigenvalue weighted by atomic mass is 9.86. The molecule has 0 aliphatic carbocycles. The van der Waals surface area contributed by atoms with Gasteiger partial charge in [0, 0.05) is 38.0 Å². The number of fused-ring (bicyclic) bond motifs is 2. The molecule has 1 spiro atoms. The quantitative estimate of drug-likeness (QED) is 0.909. The lowest BCUT2D eigenvalue weighted by molar-refractivity contribution is -0.114. The molecule has 1 fully saturated rings. The van der Waals surface area contributed by atoms with Crippen LogP contribution >= 0.6 is 11.3 Å². The maximum atomic E-state index is 14.1. The smallest absolute Gasteiger partial charge is 0.230 e. The van der Waals surface area contributed by atoms with E-state index in [0.717, 1.165) is 24.9 Å². The molecule has 2 aromatic rings. The predicted molar refractivity (Wildman–Crippen MR) is 91.6 cm³/mol. The van der Waals surface area contributed by atoms with Gasteiger partial charge in [-0.25, -0.2) is 0 Å². The van der Waals surface area contributed by atoms with E-state index in [1.165, 1.54) is 23.8 Å². The lowest BCUT2D eigenvalue weighted by Crippen LogP contribution is -2.45. The largest absolute Gasteiger partial charge is 0.364 e. The maximum Gasteiger partial charge on any atom is 0.230 e. The molecule has 1 unspecified atom stereocenters. The number of rotatable bonds is 3. The summed E-state index contributed by atoms with van der Waals surface area (Å²) in [5.74, 6) is -0.761. The first-order chi connectivity index (χ1) is 12.1. The Morgan fingerprint density at radius 3 is 3.28 bits per heavy atom. The molecule has 1 atom stereocenters. The summed E-state index contributed by atoms with van der Waals surface area (Å²) in [7, 11) is 0. The minimum absolute atomic E-state index is 0.249. The van der Waals surface area contributed by atoms with Crippen LogP contribution in [0, 0.1) is 5.95 Å². The van der Waals surface area contributed by atoms with Crippen molar-refractivity contribution < 1.29 is 13.9 Å². The highest BCUT2D eigenvalue weighted by atomic mass is 32.1. The number of halogens is 1. The van der Waals surface area contributed by atoms with Gasteiger partial charge in [0.2, 0.25) is 11.9 Å². The van der Waals surface area contributed by atoms with Gasteiger partial charge < -0.3 is 10.1 Å². The predicted octanol–water partition coefficient (Wildman–Crippen LogP) is 2.66. The summed E-state index contributed by atoms with van der Waals surface area (Å²) in [6, 6.07) is 2.01. The summed E-state index contributed by atoms with van der Waals surface area (Å²) in [4.78, 5) is 21.9. The lowest BCUT2D eigenvalue weighted by Gasteiger charge is -2.40. The second-order valence-electron chi connectivity index (χ2n) is 6.54. The van der Waals surface area contributed by atoms with E-state index >= 15 is 0 Å². The number of carbonyl (C=O) groups excluding carboxylic acids is 1. The van der Waals surface area contributed by atoms with E-state index < -0.39 is 5.95 Å². The SMILES string of the molecule is CC(=O)Nc1nc(F)c(CN2CCCC3(C2)OCc2ccncc23)s1. The highest BCUT2D eigenvalue weighted by molar-refractivity contribution is 7.15. The van der Waals surface area contributed by atoms with Crippen LogP contribution in [-0.2, 0) is 28.3 Å². The average molecular weight is 362 g/mol. The number of nitrogens with zero attached hydrogens (tertiary/aromatic N) is 3. The molecule has 6 nitrogen and oxygen atoms in total. The number of hydrogen-bond donors (Lipinski definition) is 1. The number of ether oxygens (including phenoxy) is 1. The molecular weight excluding hydrogens is 343 g/mol. The van der Waals surface area contributed by atoms with Gasteiger partial charge in [0.25, 0.3) is 0 Å². The number of carbonyl (C=O) groups is 1. The molecule has 0 aromatic carbocycles. The van der Waals surface area contributed by atoms with Gasteiger partial charge in [-0.1, -0.05) is 11.3 Å². The molecule has 1 saturated heterocycles. The molecule has 4 heterocycles. The third-order valence-electron chi connectivity index (χ3n) is 4.74. The van der Waals surface area contributed by atoms with Gasteiger partial charge in [-0.05, 0) is 31.0 Å². The van der Waals surface area contributed by atoms with Crippen LogP contribution in [0.5, 0.6) is 0 Å². The van der Waals surface area contributed by atoms with Crippen molar-refractivity contribution in [3.8, 4) is 0 Å². The van der Waals surface area contributed by atoms with Crippen LogP contribution in [0.2, 0.25) is 0 Å². The van der Waals surface area contributed by atoms with Crippen molar-refractivity contribution in [2.45, 2.75) is 38.5 Å². The van der Waals surface area contributed by atoms with E-state index in [0.29, 0.717) is 29.7 Å². The van der Waals surface area contributed by atoms with Crippen LogP contribution in [0.15, 0.2) is 18.5 Å². The molecule has 0 saturated carbocycles. The molecule has 132 valence electrons. The summed E-state index contributed by atoms with van der Waals surface area (Å²) < 4.78 is 20.3. The van der Waals surface area contributed by atoms with Gasteiger partial charge in [-0.2, -0.15) is 9.37 Å². The highest BCUT2D eigenvalue weighted by Crippen LogP contribution is 2.42. The standard InChI is InChI=1S/C17H19FN4O2S/c1-11(23)20-16-21-15(18)14(25-16)8-22-6-2-4-17(10-22)13-7-19-5-3-12(13)9-24-17/h3,5,7H,2,4,6,8-10H2,1H3,(H,20,21,23). The first-order valence-corrected chi connectivity index (χ1v) is 9.10. The molecule has 2 aliphatic heterocycles. The average Bonchev–Trinajstić information content (AvgIpc) is 3.09. The molecule has 25 heavy (non-hydrogen) atoms. The first kappa shape index (κ1) is 16.6. The molecule has 0 bridgehead atoms. The van der Waals surface area contributed by atoms with E-state index in [2.05, 4.69) is 20.2 Å². The van der Waals surface area contributed by atoms with Gasteiger partial charge >= 0.3 is 0 Å². The van der Waals surface area contributed by atoms with E-state index in [-0.39, 0.29) is 11.5 Å². The number of amides is 1. The number of nitrogens with one attached hydrogen (secondary N) is 1. The summed E-state index contributed by atoms with van der Waals surface area (Å²) in [5, 5.41) is 2.85. The second kappa shape index (κ2) is 6.44. The van der Waals surface area contributed by atoms with Gasteiger partial charge in [-0.15, -0.1) is 0 Å². The number of likely N-dealkylation sites (tertiary alicyclic amines) is 1. The van der Waals surface area contributed by atoms with Crippen molar-refractivity contribution in [1.29, 1.82) is 0 Å². The summed E-state index contributed by atoms with van der Waals surface area (Å²) in [5.41, 5.74) is 2.00. The Bertz CT molecular complexity index is 808. The first-order valence-electron chi connectivity index (χ1n) is 8.28. The zero-order valence-corrected chi connectivity index (χ0v) is 14.7. The fourth-order valence-electron chi connectivity index (χ4n) is 3.67. The van der Waals surface area contributed by atoms with Gasteiger partial charge in [0.15, 0.2) is 5.13 Å². The van der Waals surface area contributed by atoms with Crippen LogP contribution < -0.4 is 5.32 Å². The number of piperidine rings is 1. The van der Waals surface area contributed by atoms with Crippen LogP contribution in [0.25, 0.3) is 0 Å². The molecular formula is C17H19FN4O2S. The molecule has 8 heteroatoms. The number of aromatic nitrogens is 2. The van der Waals surface area contributed by atoms with Crippen LogP contribution in [-0.4, -0.2) is 33.9 Å². The molecule has 1 N–H and O–H groups in total. The monoisotopic (exact) mass is 362 g/mol. The minimum atomic E-state index is -0.511. The Morgan fingerprint density at radius 1 is 1.56 bits per heavy atom. The summed E-state index contributed by atoms with van der Waals surface area (Å²) in [6.45, 7) is 4.04. The topological polar surface area (TPSA) is 67.4 Å². The van der Waals surface area contributed by atoms with Crippen molar-refractivity contribution in [2.24, 2.45) is 0 Å². The molecule has 2 aliphatic rings. The van der Waals surface area contributed by atoms with Crippen molar-refractivity contribution in [2.75, 3.05) is 18.4 Å². The molecule has 0 radical (unpaired) electrons. The Kier molecular flexibility index (Phi) is 4.26. The third kappa shape index (κ3) is 3.17. The Morgan fingerprint density at radius 2 is 2.44 bits per heavy atom. The van der Waals surface area contributed by atoms with Gasteiger partial charge in [0.05, 0.1) is 11.5 Å². The highest BCUT2D eigenvalue weighted by Gasteiger charge is 2.43. The van der Waals surface area contributed by atoms with Gasteiger partial charge in [-0.3, -0.25) is 14.7 Å². The molecule has 1 amide bonds. The van der Waals surface area contributed by atoms with Crippen LogP contribution in [0.4, 0.5) is 9.52 Å². The summed E-state index contributed by atoms with van der Waals surface area (Å²) in [6.07, 6.45) is 5.61. The molecule has 4 rings (SSSR count). The van der Waals surface area contributed by atoms with Gasteiger partial charge in [0.1, 0.15) is 5.60 Å². The van der Waals surface area contributed by atoms with E-state index in [4.69, 9.17) is 4.74 Å². The Labute approximate surface area is 149 Å². The number of thiazole rings is 1. The van der Waals surface area contributed by atoms with E-state index in [9.17, 15) is 9.18 Å².